The van der Waals surface area contributed by atoms with E-state index in [4.69, 9.17) is 5.73 Å². The van der Waals surface area contributed by atoms with Gasteiger partial charge in [-0.15, -0.1) is 0 Å². The lowest BCUT2D eigenvalue weighted by Crippen LogP contribution is -2.19. The molecule has 0 spiro atoms. The predicted molar refractivity (Wildman–Crippen MR) is 77.9 cm³/mol. The molecular formula is C14H16N6. The number of benzene rings is 1. The zero-order chi connectivity index (χ0) is 13.8. The number of nitrogen functional groups attached to an aromatic ring is 1. The third-order valence-corrected chi connectivity index (χ3v) is 3.13. The van der Waals surface area contributed by atoms with E-state index < -0.39 is 0 Å². The number of aromatic nitrogens is 4. The van der Waals surface area contributed by atoms with Crippen LogP contribution in [0.5, 0.6) is 0 Å². The molecule has 2 heterocycles. The number of fused-ring (bicyclic) bond motifs is 1. The first-order valence-electron chi connectivity index (χ1n) is 6.50. The monoisotopic (exact) mass is 268 g/mol. The highest BCUT2D eigenvalue weighted by Crippen LogP contribution is 2.13. The van der Waals surface area contributed by atoms with E-state index in [0.717, 1.165) is 25.3 Å². The molecule has 0 radical (unpaired) electrons. The lowest BCUT2D eigenvalue weighted by atomic mass is 10.2. The van der Waals surface area contributed by atoms with E-state index in [0.29, 0.717) is 11.3 Å². The fourth-order valence-electron chi connectivity index (χ4n) is 2.09. The average Bonchev–Trinajstić information content (AvgIpc) is 2.90. The Balaban J connectivity index is 1.59. The first-order valence-corrected chi connectivity index (χ1v) is 6.50. The van der Waals surface area contributed by atoms with Crippen molar-refractivity contribution in [3.05, 3.63) is 48.5 Å². The van der Waals surface area contributed by atoms with Gasteiger partial charge >= 0.3 is 0 Å². The molecule has 0 aliphatic carbocycles. The maximum atomic E-state index is 5.76. The van der Waals surface area contributed by atoms with Crippen LogP contribution in [0.1, 0.15) is 5.56 Å². The standard InChI is InChI=1S/C14H16N6/c15-13-12-14(18-9-17-13)20(10-19-12)7-6-16-8-11-4-2-1-3-5-11/h1-5,9-10,16H,6-8H2,(H2,15,17,18). The normalized spacial score (nSPS) is 11.0. The van der Waals surface area contributed by atoms with Crippen molar-refractivity contribution < 1.29 is 0 Å². The van der Waals surface area contributed by atoms with E-state index in [1.165, 1.54) is 11.9 Å². The summed E-state index contributed by atoms with van der Waals surface area (Å²) in [4.78, 5) is 12.4. The molecule has 6 heteroatoms. The predicted octanol–water partition coefficient (Wildman–Crippen LogP) is 1.20. The quantitative estimate of drug-likeness (QED) is 0.679. The summed E-state index contributed by atoms with van der Waals surface area (Å²) in [5, 5.41) is 3.40. The molecule has 1 aromatic carbocycles. The molecule has 3 N–H and O–H groups in total. The van der Waals surface area contributed by atoms with E-state index in [9.17, 15) is 0 Å². The van der Waals surface area contributed by atoms with Crippen LogP contribution in [-0.4, -0.2) is 26.1 Å². The molecule has 2 aromatic heterocycles. The second kappa shape index (κ2) is 5.66. The molecule has 0 saturated heterocycles. The van der Waals surface area contributed by atoms with Gasteiger partial charge in [-0.25, -0.2) is 15.0 Å². The summed E-state index contributed by atoms with van der Waals surface area (Å²) in [5.74, 6) is 0.422. The van der Waals surface area contributed by atoms with E-state index >= 15 is 0 Å². The number of imidazole rings is 1. The Morgan fingerprint density at radius 2 is 1.95 bits per heavy atom. The van der Waals surface area contributed by atoms with Crippen LogP contribution >= 0.6 is 0 Å². The summed E-state index contributed by atoms with van der Waals surface area (Å²) in [5.41, 5.74) is 8.47. The van der Waals surface area contributed by atoms with Gasteiger partial charge in [0.15, 0.2) is 11.5 Å². The Kier molecular flexibility index (Phi) is 3.56. The smallest absolute Gasteiger partial charge is 0.165 e. The Morgan fingerprint density at radius 3 is 2.80 bits per heavy atom. The summed E-state index contributed by atoms with van der Waals surface area (Å²) in [6.45, 7) is 2.48. The molecule has 0 unspecified atom stereocenters. The topological polar surface area (TPSA) is 81.7 Å². The fraction of sp³-hybridized carbons (Fsp3) is 0.214. The molecule has 0 aliphatic heterocycles. The highest BCUT2D eigenvalue weighted by molar-refractivity contribution is 5.81. The summed E-state index contributed by atoms with van der Waals surface area (Å²) in [6, 6.07) is 10.3. The second-order valence-corrected chi connectivity index (χ2v) is 4.53. The van der Waals surface area contributed by atoms with Crippen molar-refractivity contribution in [2.45, 2.75) is 13.1 Å². The lowest BCUT2D eigenvalue weighted by Gasteiger charge is -2.06. The maximum absolute atomic E-state index is 5.76. The van der Waals surface area contributed by atoms with Crippen LogP contribution in [0.2, 0.25) is 0 Å². The van der Waals surface area contributed by atoms with Crippen LogP contribution in [0.3, 0.4) is 0 Å². The van der Waals surface area contributed by atoms with Crippen molar-refractivity contribution in [1.29, 1.82) is 0 Å². The second-order valence-electron chi connectivity index (χ2n) is 4.53. The summed E-state index contributed by atoms with van der Waals surface area (Å²) in [6.07, 6.45) is 3.22. The van der Waals surface area contributed by atoms with Crippen molar-refractivity contribution in [2.24, 2.45) is 0 Å². The number of anilines is 1. The van der Waals surface area contributed by atoms with Gasteiger partial charge in [0.2, 0.25) is 0 Å². The maximum Gasteiger partial charge on any atom is 0.165 e. The number of hydrogen-bond donors (Lipinski definition) is 2. The molecule has 0 amide bonds. The van der Waals surface area contributed by atoms with E-state index in [1.54, 1.807) is 6.33 Å². The van der Waals surface area contributed by atoms with Crippen molar-refractivity contribution in [3.63, 3.8) is 0 Å². The van der Waals surface area contributed by atoms with E-state index in [2.05, 4.69) is 32.4 Å². The van der Waals surface area contributed by atoms with Crippen LogP contribution in [0.4, 0.5) is 5.82 Å². The van der Waals surface area contributed by atoms with Crippen molar-refractivity contribution in [1.82, 2.24) is 24.8 Å². The zero-order valence-corrected chi connectivity index (χ0v) is 11.0. The Bertz CT molecular complexity index is 691. The molecule has 0 atom stereocenters. The number of hydrogen-bond acceptors (Lipinski definition) is 5. The Hall–Kier alpha value is -2.47. The van der Waals surface area contributed by atoms with Gasteiger partial charge in [0.25, 0.3) is 0 Å². The van der Waals surface area contributed by atoms with E-state index in [1.807, 2.05) is 22.8 Å². The SMILES string of the molecule is Nc1ncnc2c1ncn2CCNCc1ccccc1. The minimum absolute atomic E-state index is 0.422. The molecule has 6 nitrogen and oxygen atoms in total. The molecule has 0 bridgehead atoms. The average molecular weight is 268 g/mol. The lowest BCUT2D eigenvalue weighted by molar-refractivity contribution is 0.604. The highest BCUT2D eigenvalue weighted by Gasteiger charge is 2.06. The van der Waals surface area contributed by atoms with E-state index in [-0.39, 0.29) is 0 Å². The van der Waals surface area contributed by atoms with Crippen LogP contribution in [-0.2, 0) is 13.1 Å². The van der Waals surface area contributed by atoms with Crippen molar-refractivity contribution in [2.75, 3.05) is 12.3 Å². The number of rotatable bonds is 5. The fourth-order valence-corrected chi connectivity index (χ4v) is 2.09. The molecule has 3 rings (SSSR count). The highest BCUT2D eigenvalue weighted by atomic mass is 15.1. The van der Waals surface area contributed by atoms with Crippen molar-refractivity contribution in [3.8, 4) is 0 Å². The molecule has 0 saturated carbocycles. The van der Waals surface area contributed by atoms with Crippen LogP contribution in [0, 0.1) is 0 Å². The summed E-state index contributed by atoms with van der Waals surface area (Å²) in [7, 11) is 0. The van der Waals surface area contributed by atoms with Crippen molar-refractivity contribution >= 4 is 17.0 Å². The van der Waals surface area contributed by atoms with Gasteiger partial charge < -0.3 is 15.6 Å². The van der Waals surface area contributed by atoms with Crippen LogP contribution < -0.4 is 11.1 Å². The number of nitrogens with zero attached hydrogens (tertiary/aromatic N) is 4. The molecule has 0 fully saturated rings. The molecular weight excluding hydrogens is 252 g/mol. The van der Waals surface area contributed by atoms with Gasteiger partial charge in [-0.3, -0.25) is 0 Å². The summed E-state index contributed by atoms with van der Waals surface area (Å²) >= 11 is 0. The minimum atomic E-state index is 0.422. The Morgan fingerprint density at radius 1 is 1.10 bits per heavy atom. The molecule has 0 aliphatic rings. The summed E-state index contributed by atoms with van der Waals surface area (Å²) < 4.78 is 1.98. The van der Waals surface area contributed by atoms with Gasteiger partial charge in [0, 0.05) is 19.6 Å². The minimum Gasteiger partial charge on any atom is -0.382 e. The molecule has 3 aromatic rings. The van der Waals surface area contributed by atoms with Gasteiger partial charge in [-0.2, -0.15) is 0 Å². The van der Waals surface area contributed by atoms with Gasteiger partial charge in [0.05, 0.1) is 6.33 Å². The van der Waals surface area contributed by atoms with Gasteiger partial charge in [-0.1, -0.05) is 30.3 Å². The third-order valence-electron chi connectivity index (χ3n) is 3.13. The van der Waals surface area contributed by atoms with Gasteiger partial charge in [0.1, 0.15) is 11.8 Å². The van der Waals surface area contributed by atoms with Crippen LogP contribution in [0.15, 0.2) is 43.0 Å². The third kappa shape index (κ3) is 2.60. The molecule has 102 valence electrons. The first kappa shape index (κ1) is 12.6. The van der Waals surface area contributed by atoms with Gasteiger partial charge in [-0.05, 0) is 5.56 Å². The number of nitrogens with two attached hydrogens (primary N) is 1. The Labute approximate surface area is 116 Å². The largest absolute Gasteiger partial charge is 0.382 e. The first-order chi connectivity index (χ1) is 9.84. The number of nitrogens with one attached hydrogen (secondary N) is 1. The van der Waals surface area contributed by atoms with Crippen LogP contribution in [0.25, 0.3) is 11.2 Å². The molecule has 20 heavy (non-hydrogen) atoms. The zero-order valence-electron chi connectivity index (χ0n) is 11.0.